The summed E-state index contributed by atoms with van der Waals surface area (Å²) in [6, 6.07) is 10.1. The van der Waals surface area contributed by atoms with Crippen molar-refractivity contribution in [3.8, 4) is 0 Å². The number of aliphatic hydroxyl groups excluding tert-OH is 1. The second-order valence-electron chi connectivity index (χ2n) is 9.04. The van der Waals surface area contributed by atoms with Gasteiger partial charge >= 0.3 is 5.97 Å². The molecule has 2 rings (SSSR count). The molecule has 6 heteroatoms. The molecule has 0 aliphatic heterocycles. The minimum absolute atomic E-state index is 0.0185. The van der Waals surface area contributed by atoms with Crippen LogP contribution in [0.4, 0.5) is 0 Å². The number of carbonyl (C=O) groups is 1. The topological polar surface area (TPSA) is 74.2 Å². The van der Waals surface area contributed by atoms with E-state index in [9.17, 15) is 9.90 Å². The number of hydrogen-bond donors (Lipinski definition) is 1. The highest BCUT2D eigenvalue weighted by Crippen LogP contribution is 2.55. The summed E-state index contributed by atoms with van der Waals surface area (Å²) in [7, 11) is 1.62. The van der Waals surface area contributed by atoms with Gasteiger partial charge in [-0.15, -0.1) is 0 Å². The number of aliphatic hydroxyl groups is 1. The Hall–Kier alpha value is -1.99. The second-order valence-corrected chi connectivity index (χ2v) is 9.04. The molecule has 1 aromatic rings. The number of methoxy groups -OCH3 is 1. The van der Waals surface area contributed by atoms with Gasteiger partial charge < -0.3 is 24.1 Å². The average Bonchev–Trinajstić information content (AvgIpc) is 2.82. The van der Waals surface area contributed by atoms with Crippen LogP contribution in [0.5, 0.6) is 0 Å². The van der Waals surface area contributed by atoms with Crippen molar-refractivity contribution in [2.24, 2.45) is 11.3 Å². The fourth-order valence-corrected chi connectivity index (χ4v) is 4.70. The van der Waals surface area contributed by atoms with Crippen molar-refractivity contribution in [1.29, 1.82) is 0 Å². The number of hydrogen-bond acceptors (Lipinski definition) is 6. The molecule has 1 aliphatic rings. The molecular weight excluding hydrogens is 420 g/mol. The number of ether oxygens (including phenoxy) is 4. The average molecular weight is 461 g/mol. The third kappa shape index (κ3) is 7.00. The molecule has 1 aromatic carbocycles. The van der Waals surface area contributed by atoms with Gasteiger partial charge in [-0.2, -0.15) is 0 Å². The van der Waals surface area contributed by atoms with Crippen molar-refractivity contribution in [1.82, 2.24) is 0 Å². The van der Waals surface area contributed by atoms with Gasteiger partial charge in [0.25, 0.3) is 0 Å². The van der Waals surface area contributed by atoms with E-state index in [-0.39, 0.29) is 25.3 Å². The molecule has 3 atom stereocenters. The molecule has 33 heavy (non-hydrogen) atoms. The van der Waals surface area contributed by atoms with Crippen molar-refractivity contribution in [3.05, 3.63) is 59.2 Å². The Labute approximate surface area is 198 Å². The van der Waals surface area contributed by atoms with Gasteiger partial charge in [0.2, 0.25) is 0 Å². The summed E-state index contributed by atoms with van der Waals surface area (Å²) in [6.07, 6.45) is 5.67. The highest BCUT2D eigenvalue weighted by atomic mass is 16.7. The van der Waals surface area contributed by atoms with Gasteiger partial charge in [-0.25, -0.2) is 4.79 Å². The molecule has 0 spiro atoms. The van der Waals surface area contributed by atoms with E-state index in [1.807, 2.05) is 43.3 Å². The van der Waals surface area contributed by atoms with Crippen LogP contribution >= 0.6 is 0 Å². The van der Waals surface area contributed by atoms with Crippen LogP contribution in [-0.4, -0.2) is 50.4 Å². The maximum atomic E-state index is 12.1. The standard InChI is InChI=1S/C27H40O6/c1-6-32-25(29)13-12-24-23(21(2)18-28)14-15-27(4,33-20-30-5)26(24,3)16-17-31-19-22-10-8-7-9-11-22/h7-13,24,28H,6,14-20H2,1-5H3/b13-12+,23-21+/t24-,26+,27+/m1/s1. The molecule has 1 fully saturated rings. The van der Waals surface area contributed by atoms with Crippen LogP contribution < -0.4 is 0 Å². The summed E-state index contributed by atoms with van der Waals surface area (Å²) < 4.78 is 22.7. The summed E-state index contributed by atoms with van der Waals surface area (Å²) >= 11 is 0. The summed E-state index contributed by atoms with van der Waals surface area (Å²) in [6.45, 7) is 9.59. The van der Waals surface area contributed by atoms with Crippen molar-refractivity contribution < 1.29 is 28.8 Å². The van der Waals surface area contributed by atoms with Gasteiger partial charge in [-0.05, 0) is 51.2 Å². The quantitative estimate of drug-likeness (QED) is 0.159. The zero-order chi connectivity index (χ0) is 24.3. The number of allylic oxidation sites excluding steroid dienone is 2. The van der Waals surface area contributed by atoms with E-state index in [1.54, 1.807) is 14.0 Å². The first-order chi connectivity index (χ1) is 15.8. The molecule has 0 unspecified atom stereocenters. The molecule has 184 valence electrons. The fraction of sp³-hybridized carbons (Fsp3) is 0.593. The lowest BCUT2D eigenvalue weighted by atomic mass is 9.55. The lowest BCUT2D eigenvalue weighted by Crippen LogP contribution is -2.54. The Morgan fingerprint density at radius 2 is 1.97 bits per heavy atom. The van der Waals surface area contributed by atoms with Gasteiger partial charge in [-0.1, -0.05) is 48.9 Å². The molecule has 1 aliphatic carbocycles. The minimum atomic E-state index is -0.512. The Bertz CT molecular complexity index is 802. The molecule has 0 saturated heterocycles. The number of benzene rings is 1. The zero-order valence-corrected chi connectivity index (χ0v) is 20.8. The first kappa shape index (κ1) is 27.3. The molecule has 0 heterocycles. The van der Waals surface area contributed by atoms with Gasteiger partial charge in [-0.3, -0.25) is 0 Å². The molecule has 0 radical (unpaired) electrons. The minimum Gasteiger partial charge on any atom is -0.463 e. The van der Waals surface area contributed by atoms with Gasteiger partial charge in [0.15, 0.2) is 0 Å². The molecule has 1 saturated carbocycles. The summed E-state index contributed by atoms with van der Waals surface area (Å²) in [5, 5.41) is 9.90. The summed E-state index contributed by atoms with van der Waals surface area (Å²) in [5.41, 5.74) is 2.28. The number of rotatable bonds is 12. The van der Waals surface area contributed by atoms with Crippen LogP contribution in [0.2, 0.25) is 0 Å². The zero-order valence-electron chi connectivity index (χ0n) is 20.8. The van der Waals surface area contributed by atoms with E-state index < -0.39 is 11.0 Å². The lowest BCUT2D eigenvalue weighted by Gasteiger charge is -2.54. The predicted octanol–water partition coefficient (Wildman–Crippen LogP) is 4.82. The van der Waals surface area contributed by atoms with E-state index in [0.29, 0.717) is 26.2 Å². The van der Waals surface area contributed by atoms with E-state index in [2.05, 4.69) is 13.8 Å². The predicted molar refractivity (Wildman–Crippen MR) is 128 cm³/mol. The van der Waals surface area contributed by atoms with Gasteiger partial charge in [0.05, 0.1) is 25.4 Å². The van der Waals surface area contributed by atoms with Crippen molar-refractivity contribution in [2.45, 2.75) is 59.2 Å². The van der Waals surface area contributed by atoms with Crippen molar-refractivity contribution in [2.75, 3.05) is 33.7 Å². The third-order valence-electron chi connectivity index (χ3n) is 7.01. The van der Waals surface area contributed by atoms with E-state index in [1.165, 1.54) is 6.08 Å². The van der Waals surface area contributed by atoms with E-state index in [0.717, 1.165) is 29.6 Å². The Morgan fingerprint density at radius 3 is 2.61 bits per heavy atom. The fourth-order valence-electron chi connectivity index (χ4n) is 4.70. The largest absolute Gasteiger partial charge is 0.463 e. The maximum Gasteiger partial charge on any atom is 0.330 e. The lowest BCUT2D eigenvalue weighted by molar-refractivity contribution is -0.199. The first-order valence-electron chi connectivity index (χ1n) is 11.7. The SMILES string of the molecule is CCOC(=O)/C=C/[C@@H]1/C(=C(\C)CO)CC[C@](C)(OCOC)[C@@]1(C)CCOCc1ccccc1. The van der Waals surface area contributed by atoms with E-state index in [4.69, 9.17) is 18.9 Å². The monoisotopic (exact) mass is 460 g/mol. The Kier molecular flexibility index (Phi) is 10.8. The van der Waals surface area contributed by atoms with E-state index >= 15 is 0 Å². The van der Waals surface area contributed by atoms with Crippen LogP contribution in [0.1, 0.15) is 52.5 Å². The van der Waals surface area contributed by atoms with Crippen LogP contribution in [0.15, 0.2) is 53.6 Å². The number of carbonyl (C=O) groups excluding carboxylic acids is 1. The molecule has 1 N–H and O–H groups in total. The van der Waals surface area contributed by atoms with Gasteiger partial charge in [0.1, 0.15) is 6.79 Å². The molecule has 6 nitrogen and oxygen atoms in total. The Morgan fingerprint density at radius 1 is 1.24 bits per heavy atom. The van der Waals surface area contributed by atoms with Crippen LogP contribution in [0, 0.1) is 11.3 Å². The second kappa shape index (κ2) is 13.0. The molecule has 0 amide bonds. The summed E-state index contributed by atoms with van der Waals surface area (Å²) in [5.74, 6) is -0.490. The van der Waals surface area contributed by atoms with Crippen LogP contribution in [-0.2, 0) is 30.3 Å². The molecular formula is C27H40O6. The highest BCUT2D eigenvalue weighted by molar-refractivity contribution is 5.82. The third-order valence-corrected chi connectivity index (χ3v) is 7.01. The molecule has 0 aromatic heterocycles. The number of esters is 1. The smallest absolute Gasteiger partial charge is 0.330 e. The first-order valence-corrected chi connectivity index (χ1v) is 11.7. The molecule has 0 bridgehead atoms. The van der Waals surface area contributed by atoms with Crippen LogP contribution in [0.3, 0.4) is 0 Å². The van der Waals surface area contributed by atoms with Gasteiger partial charge in [0, 0.05) is 31.1 Å². The maximum absolute atomic E-state index is 12.1. The highest BCUT2D eigenvalue weighted by Gasteiger charge is 2.53. The van der Waals surface area contributed by atoms with Crippen molar-refractivity contribution in [3.63, 3.8) is 0 Å². The normalized spacial score (nSPS) is 27.0. The summed E-state index contributed by atoms with van der Waals surface area (Å²) in [4.78, 5) is 12.1. The Balaban J connectivity index is 2.35. The van der Waals surface area contributed by atoms with Crippen molar-refractivity contribution >= 4 is 5.97 Å². The van der Waals surface area contributed by atoms with Crippen LogP contribution in [0.25, 0.3) is 0 Å².